The van der Waals surface area contributed by atoms with E-state index in [-0.39, 0.29) is 35.2 Å². The molecule has 0 aromatic heterocycles. The van der Waals surface area contributed by atoms with Gasteiger partial charge in [-0.05, 0) is 48.9 Å². The molecule has 2 aromatic rings. The van der Waals surface area contributed by atoms with E-state index in [0.29, 0.717) is 5.56 Å². The second kappa shape index (κ2) is 7.62. The fourth-order valence-corrected chi connectivity index (χ4v) is 3.27. The van der Waals surface area contributed by atoms with Gasteiger partial charge in [-0.1, -0.05) is 6.07 Å². The first-order chi connectivity index (χ1) is 11.7. The van der Waals surface area contributed by atoms with E-state index in [4.69, 9.17) is 5.11 Å². The van der Waals surface area contributed by atoms with E-state index in [1.165, 1.54) is 36.2 Å². The van der Waals surface area contributed by atoms with Crippen molar-refractivity contribution in [1.82, 2.24) is 4.90 Å². The molecule has 0 spiro atoms. The van der Waals surface area contributed by atoms with Crippen molar-refractivity contribution in [2.45, 2.75) is 11.8 Å². The van der Waals surface area contributed by atoms with E-state index in [0.717, 1.165) is 12.1 Å². The van der Waals surface area contributed by atoms with E-state index in [9.17, 15) is 17.6 Å². The summed E-state index contributed by atoms with van der Waals surface area (Å²) in [5.41, 5.74) is 1.07. The predicted octanol–water partition coefficient (Wildman–Crippen LogP) is 2.00. The van der Waals surface area contributed by atoms with Gasteiger partial charge in [-0.15, -0.1) is 0 Å². The second-order valence-corrected chi connectivity index (χ2v) is 7.22. The number of hydrogen-bond acceptors (Lipinski definition) is 4. The zero-order valence-electron chi connectivity index (χ0n) is 13.9. The molecule has 8 heteroatoms. The zero-order valence-corrected chi connectivity index (χ0v) is 14.7. The summed E-state index contributed by atoms with van der Waals surface area (Å²) in [5.74, 6) is -0.858. The van der Waals surface area contributed by atoms with Gasteiger partial charge in [0.15, 0.2) is 0 Å². The Balaban J connectivity index is 2.34. The van der Waals surface area contributed by atoms with Crippen LogP contribution in [0.2, 0.25) is 0 Å². The Morgan fingerprint density at radius 3 is 2.44 bits per heavy atom. The summed E-state index contributed by atoms with van der Waals surface area (Å²) in [6.45, 7) is 1.65. The number of sulfonamides is 1. The lowest BCUT2D eigenvalue weighted by molar-refractivity contribution is 0.0766. The monoisotopic (exact) mass is 366 g/mol. The molecule has 0 bridgehead atoms. The second-order valence-electron chi connectivity index (χ2n) is 5.54. The number of rotatable bonds is 6. The number of nitrogens with zero attached hydrogens (tertiary/aromatic N) is 1. The first-order valence-corrected chi connectivity index (χ1v) is 8.98. The molecule has 25 heavy (non-hydrogen) atoms. The molecule has 6 nitrogen and oxygen atoms in total. The normalized spacial score (nSPS) is 11.2. The van der Waals surface area contributed by atoms with Crippen molar-refractivity contribution in [1.29, 1.82) is 0 Å². The van der Waals surface area contributed by atoms with Crippen LogP contribution in [-0.2, 0) is 10.0 Å². The van der Waals surface area contributed by atoms with Crippen molar-refractivity contribution in [3.63, 3.8) is 0 Å². The van der Waals surface area contributed by atoms with Crippen LogP contribution in [0.3, 0.4) is 0 Å². The van der Waals surface area contributed by atoms with Crippen molar-refractivity contribution >= 4 is 21.6 Å². The largest absolute Gasteiger partial charge is 0.395 e. The molecule has 0 saturated heterocycles. The number of likely N-dealkylation sites (N-methyl/N-ethyl adjacent to an activating group) is 1. The predicted molar refractivity (Wildman–Crippen MR) is 92.4 cm³/mol. The first kappa shape index (κ1) is 18.9. The zero-order chi connectivity index (χ0) is 18.6. The summed E-state index contributed by atoms with van der Waals surface area (Å²) in [5, 5.41) is 8.94. The van der Waals surface area contributed by atoms with Crippen molar-refractivity contribution < 1.29 is 22.7 Å². The van der Waals surface area contributed by atoms with Crippen molar-refractivity contribution in [3.05, 3.63) is 59.4 Å². The number of anilines is 1. The molecular weight excluding hydrogens is 347 g/mol. The van der Waals surface area contributed by atoms with E-state index in [1.54, 1.807) is 13.0 Å². The maximum atomic E-state index is 12.9. The highest BCUT2D eigenvalue weighted by Crippen LogP contribution is 2.20. The molecule has 0 radical (unpaired) electrons. The first-order valence-electron chi connectivity index (χ1n) is 7.50. The minimum absolute atomic E-state index is 0.0804. The molecule has 0 aliphatic rings. The van der Waals surface area contributed by atoms with Gasteiger partial charge in [0.2, 0.25) is 0 Å². The number of carbonyl (C=O) groups excluding carboxylic acids is 1. The summed E-state index contributed by atoms with van der Waals surface area (Å²) >= 11 is 0. The lowest BCUT2D eigenvalue weighted by Crippen LogP contribution is -2.30. The fraction of sp³-hybridized carbons (Fsp3) is 0.235. The van der Waals surface area contributed by atoms with Gasteiger partial charge in [0.1, 0.15) is 5.82 Å². The number of hydrogen-bond donors (Lipinski definition) is 2. The maximum Gasteiger partial charge on any atom is 0.261 e. The van der Waals surface area contributed by atoms with Crippen LogP contribution in [0, 0.1) is 12.7 Å². The van der Waals surface area contributed by atoms with Crippen molar-refractivity contribution in [2.75, 3.05) is 24.9 Å². The Hall–Kier alpha value is -2.45. The highest BCUT2D eigenvalue weighted by atomic mass is 32.2. The topological polar surface area (TPSA) is 86.7 Å². The molecule has 0 aliphatic carbocycles. The van der Waals surface area contributed by atoms with Gasteiger partial charge < -0.3 is 10.0 Å². The smallest absolute Gasteiger partial charge is 0.261 e. The van der Waals surface area contributed by atoms with Crippen LogP contribution in [0.15, 0.2) is 47.4 Å². The number of benzene rings is 2. The maximum absolute atomic E-state index is 12.9. The minimum Gasteiger partial charge on any atom is -0.395 e. The van der Waals surface area contributed by atoms with Gasteiger partial charge in [-0.25, -0.2) is 12.8 Å². The van der Waals surface area contributed by atoms with E-state index in [2.05, 4.69) is 4.72 Å². The minimum atomic E-state index is -3.93. The molecule has 0 aliphatic heterocycles. The molecule has 2 rings (SSSR count). The quantitative estimate of drug-likeness (QED) is 0.819. The van der Waals surface area contributed by atoms with Crippen LogP contribution in [0.1, 0.15) is 15.9 Å². The van der Waals surface area contributed by atoms with Crippen LogP contribution in [0.25, 0.3) is 0 Å². The third-order valence-corrected chi connectivity index (χ3v) is 5.01. The summed E-state index contributed by atoms with van der Waals surface area (Å²) in [4.78, 5) is 13.6. The van der Waals surface area contributed by atoms with Crippen LogP contribution < -0.4 is 4.72 Å². The Bertz CT molecular complexity index is 867. The standard InChI is InChI=1S/C17H19FN2O4S/c1-12-3-8-15(11-16(12)17(22)20(2)9-10-21)25(23,24)19-14-6-4-13(18)5-7-14/h3-8,11,19,21H,9-10H2,1-2H3. The number of amides is 1. The van der Waals surface area contributed by atoms with Crippen LogP contribution in [-0.4, -0.2) is 44.5 Å². The molecule has 2 N–H and O–H groups in total. The van der Waals surface area contributed by atoms with Gasteiger partial charge in [0.25, 0.3) is 15.9 Å². The molecule has 0 fully saturated rings. The van der Waals surface area contributed by atoms with Crippen molar-refractivity contribution in [2.24, 2.45) is 0 Å². The average Bonchev–Trinajstić information content (AvgIpc) is 2.56. The number of halogens is 1. The lowest BCUT2D eigenvalue weighted by Gasteiger charge is -2.18. The SMILES string of the molecule is Cc1ccc(S(=O)(=O)Nc2ccc(F)cc2)cc1C(=O)N(C)CCO. The molecule has 1 amide bonds. The Morgan fingerprint density at radius 1 is 1.20 bits per heavy atom. The molecule has 0 unspecified atom stereocenters. The van der Waals surface area contributed by atoms with E-state index >= 15 is 0 Å². The average molecular weight is 366 g/mol. The third-order valence-electron chi connectivity index (χ3n) is 3.63. The molecule has 0 saturated carbocycles. The molecule has 0 heterocycles. The lowest BCUT2D eigenvalue weighted by atomic mass is 10.1. The van der Waals surface area contributed by atoms with Gasteiger partial charge in [-0.3, -0.25) is 9.52 Å². The summed E-state index contributed by atoms with van der Waals surface area (Å²) in [6, 6.07) is 9.13. The van der Waals surface area contributed by atoms with Crippen molar-refractivity contribution in [3.8, 4) is 0 Å². The van der Waals surface area contributed by atoms with Crippen LogP contribution in [0.4, 0.5) is 10.1 Å². The Morgan fingerprint density at radius 2 is 1.84 bits per heavy atom. The number of nitrogens with one attached hydrogen (secondary N) is 1. The number of aliphatic hydroxyl groups excluding tert-OH is 1. The van der Waals surface area contributed by atoms with E-state index < -0.39 is 15.8 Å². The highest BCUT2D eigenvalue weighted by molar-refractivity contribution is 7.92. The Labute approximate surface area is 146 Å². The fourth-order valence-electron chi connectivity index (χ4n) is 2.19. The molecular formula is C17H19FN2O4S. The summed E-state index contributed by atoms with van der Waals surface area (Å²) in [7, 11) is -2.41. The molecule has 2 aromatic carbocycles. The highest BCUT2D eigenvalue weighted by Gasteiger charge is 2.20. The van der Waals surface area contributed by atoms with E-state index in [1.807, 2.05) is 0 Å². The van der Waals surface area contributed by atoms with Gasteiger partial charge in [0.05, 0.1) is 11.5 Å². The van der Waals surface area contributed by atoms with Gasteiger partial charge >= 0.3 is 0 Å². The number of aryl methyl sites for hydroxylation is 1. The molecule has 134 valence electrons. The van der Waals surface area contributed by atoms with Gasteiger partial charge in [0, 0.05) is 24.8 Å². The Kier molecular flexibility index (Phi) is 5.76. The van der Waals surface area contributed by atoms with Crippen LogP contribution >= 0.6 is 0 Å². The summed E-state index contributed by atoms with van der Waals surface area (Å²) in [6.07, 6.45) is 0. The van der Waals surface area contributed by atoms with Gasteiger partial charge in [-0.2, -0.15) is 0 Å². The number of aliphatic hydroxyl groups is 1. The number of carbonyl (C=O) groups is 1. The summed E-state index contributed by atoms with van der Waals surface area (Å²) < 4.78 is 40.3. The van der Waals surface area contributed by atoms with Crippen LogP contribution in [0.5, 0.6) is 0 Å². The third kappa shape index (κ3) is 4.55. The molecule has 0 atom stereocenters.